The molecule has 17 heavy (non-hydrogen) atoms. The van der Waals surface area contributed by atoms with Crippen LogP contribution in [0.15, 0.2) is 0 Å². The summed E-state index contributed by atoms with van der Waals surface area (Å²) in [5, 5.41) is 21.5. The first-order chi connectivity index (χ1) is 7.95. The second-order valence-corrected chi connectivity index (χ2v) is 4.45. The van der Waals surface area contributed by atoms with E-state index in [4.69, 9.17) is 5.11 Å². The van der Waals surface area contributed by atoms with Crippen LogP contribution in [0.5, 0.6) is 0 Å². The van der Waals surface area contributed by atoms with Gasteiger partial charge < -0.3 is 20.4 Å². The largest absolute Gasteiger partial charge is 0.480 e. The third kappa shape index (κ3) is 3.67. The van der Waals surface area contributed by atoms with E-state index < -0.39 is 18.1 Å². The lowest BCUT2D eigenvalue weighted by Crippen LogP contribution is -2.43. The maximum Gasteiger partial charge on any atom is 0.326 e. The van der Waals surface area contributed by atoms with Crippen molar-refractivity contribution >= 4 is 11.9 Å². The average molecular weight is 244 g/mol. The summed E-state index contributed by atoms with van der Waals surface area (Å²) >= 11 is 0. The number of carbonyl (C=O) groups excluding carboxylic acids is 1. The molecule has 6 nitrogen and oxygen atoms in total. The monoisotopic (exact) mass is 244 g/mol. The molecule has 0 bridgehead atoms. The number of carboxylic acid groups (broad SMARTS) is 1. The number of carboxylic acids is 1. The van der Waals surface area contributed by atoms with Gasteiger partial charge in [-0.05, 0) is 13.5 Å². The van der Waals surface area contributed by atoms with Gasteiger partial charge >= 0.3 is 5.97 Å². The molecule has 1 saturated heterocycles. The molecule has 1 aliphatic rings. The summed E-state index contributed by atoms with van der Waals surface area (Å²) in [5.74, 6) is -1.27. The van der Waals surface area contributed by atoms with E-state index >= 15 is 0 Å². The van der Waals surface area contributed by atoms with E-state index in [9.17, 15) is 14.7 Å². The molecule has 0 aromatic heterocycles. The summed E-state index contributed by atoms with van der Waals surface area (Å²) in [4.78, 5) is 24.1. The van der Waals surface area contributed by atoms with Gasteiger partial charge in [0.2, 0.25) is 5.91 Å². The molecule has 1 heterocycles. The van der Waals surface area contributed by atoms with E-state index in [1.54, 1.807) is 0 Å². The van der Waals surface area contributed by atoms with Crippen LogP contribution >= 0.6 is 0 Å². The number of aliphatic hydroxyl groups is 1. The first-order valence-electron chi connectivity index (χ1n) is 5.89. The van der Waals surface area contributed by atoms with Crippen LogP contribution in [0, 0.1) is 0 Å². The van der Waals surface area contributed by atoms with E-state index in [-0.39, 0.29) is 31.3 Å². The van der Waals surface area contributed by atoms with E-state index in [2.05, 4.69) is 5.32 Å². The topological polar surface area (TPSA) is 89.9 Å². The van der Waals surface area contributed by atoms with Gasteiger partial charge in [-0.1, -0.05) is 6.92 Å². The van der Waals surface area contributed by atoms with E-state index in [1.165, 1.54) is 4.90 Å². The van der Waals surface area contributed by atoms with Crippen molar-refractivity contribution < 1.29 is 19.8 Å². The molecule has 1 aliphatic heterocycles. The fourth-order valence-electron chi connectivity index (χ4n) is 2.12. The van der Waals surface area contributed by atoms with Crippen LogP contribution in [-0.2, 0) is 9.59 Å². The Morgan fingerprint density at radius 1 is 1.53 bits per heavy atom. The molecule has 0 radical (unpaired) electrons. The number of aliphatic carboxylic acids is 1. The average Bonchev–Trinajstić information content (AvgIpc) is 2.60. The van der Waals surface area contributed by atoms with Crippen molar-refractivity contribution in [3.05, 3.63) is 0 Å². The van der Waals surface area contributed by atoms with E-state index in [0.29, 0.717) is 0 Å². The van der Waals surface area contributed by atoms with Crippen molar-refractivity contribution in [1.29, 1.82) is 0 Å². The highest BCUT2D eigenvalue weighted by Crippen LogP contribution is 2.19. The van der Waals surface area contributed by atoms with Crippen molar-refractivity contribution in [2.24, 2.45) is 0 Å². The standard InChI is InChI=1S/C11H20N2O4/c1-3-12-7(2)4-10(15)13-6-8(14)5-9(13)11(16)17/h7-9,12,14H,3-6H2,1-2H3,(H,16,17)/t7?,8-,9+/m1/s1. The van der Waals surface area contributed by atoms with Gasteiger partial charge in [-0.2, -0.15) is 0 Å². The number of β-amino-alcohol motifs (C(OH)–C–C–N with tert-alkyl or cyclic N) is 1. The zero-order valence-electron chi connectivity index (χ0n) is 10.2. The third-order valence-corrected chi connectivity index (χ3v) is 2.92. The van der Waals surface area contributed by atoms with Crippen LogP contribution in [0.1, 0.15) is 26.7 Å². The fraction of sp³-hybridized carbons (Fsp3) is 0.818. The van der Waals surface area contributed by atoms with Gasteiger partial charge in [-0.15, -0.1) is 0 Å². The molecular formula is C11H20N2O4. The highest BCUT2D eigenvalue weighted by Gasteiger charge is 2.38. The Morgan fingerprint density at radius 3 is 2.71 bits per heavy atom. The zero-order chi connectivity index (χ0) is 13.0. The molecule has 6 heteroatoms. The SMILES string of the molecule is CCNC(C)CC(=O)N1C[C@H](O)C[C@H]1C(=O)O. The molecule has 0 aliphatic carbocycles. The molecule has 1 rings (SSSR count). The molecule has 1 fully saturated rings. The second-order valence-electron chi connectivity index (χ2n) is 4.45. The summed E-state index contributed by atoms with van der Waals surface area (Å²) in [7, 11) is 0. The van der Waals surface area contributed by atoms with Gasteiger partial charge in [0.25, 0.3) is 0 Å². The minimum atomic E-state index is -1.05. The molecule has 0 aromatic carbocycles. The number of aliphatic hydroxyl groups excluding tert-OH is 1. The predicted octanol–water partition coefficient (Wildman–Crippen LogP) is -0.579. The molecular weight excluding hydrogens is 224 g/mol. The fourth-order valence-corrected chi connectivity index (χ4v) is 2.12. The highest BCUT2D eigenvalue weighted by atomic mass is 16.4. The summed E-state index contributed by atoms with van der Waals surface area (Å²) < 4.78 is 0. The smallest absolute Gasteiger partial charge is 0.326 e. The summed E-state index contributed by atoms with van der Waals surface area (Å²) in [6.07, 6.45) is -0.351. The molecule has 98 valence electrons. The Kier molecular flexibility index (Phi) is 4.89. The van der Waals surface area contributed by atoms with E-state index in [1.807, 2.05) is 13.8 Å². The second kappa shape index (κ2) is 5.97. The lowest BCUT2D eigenvalue weighted by atomic mass is 10.2. The molecule has 3 N–H and O–H groups in total. The maximum absolute atomic E-state index is 11.9. The van der Waals surface area contributed by atoms with Gasteiger partial charge in [0.15, 0.2) is 0 Å². The highest BCUT2D eigenvalue weighted by molar-refractivity contribution is 5.84. The van der Waals surface area contributed by atoms with Gasteiger partial charge in [-0.25, -0.2) is 4.79 Å². The van der Waals surface area contributed by atoms with Crippen LogP contribution in [0.2, 0.25) is 0 Å². The number of hydrogen-bond acceptors (Lipinski definition) is 4. The Hall–Kier alpha value is -1.14. The quantitative estimate of drug-likeness (QED) is 0.602. The number of likely N-dealkylation sites (tertiary alicyclic amines) is 1. The molecule has 3 atom stereocenters. The van der Waals surface area contributed by atoms with Crippen LogP contribution in [-0.4, -0.2) is 58.3 Å². The van der Waals surface area contributed by atoms with Gasteiger partial charge in [0, 0.05) is 25.4 Å². The van der Waals surface area contributed by atoms with Crippen LogP contribution in [0.3, 0.4) is 0 Å². The zero-order valence-corrected chi connectivity index (χ0v) is 10.2. The minimum Gasteiger partial charge on any atom is -0.480 e. The predicted molar refractivity (Wildman–Crippen MR) is 61.5 cm³/mol. The van der Waals surface area contributed by atoms with Crippen molar-refractivity contribution in [3.8, 4) is 0 Å². The first kappa shape index (κ1) is 13.9. The molecule has 0 saturated carbocycles. The molecule has 0 aromatic rings. The number of hydrogen-bond donors (Lipinski definition) is 3. The summed E-state index contributed by atoms with van der Waals surface area (Å²) in [5.41, 5.74) is 0. The molecule has 1 amide bonds. The summed E-state index contributed by atoms with van der Waals surface area (Å²) in [6.45, 7) is 4.71. The maximum atomic E-state index is 11.9. The number of carbonyl (C=O) groups is 2. The summed E-state index contributed by atoms with van der Waals surface area (Å²) in [6, 6.07) is -0.869. The lowest BCUT2D eigenvalue weighted by Gasteiger charge is -2.23. The van der Waals surface area contributed by atoms with Crippen molar-refractivity contribution in [3.63, 3.8) is 0 Å². The number of amides is 1. The minimum absolute atomic E-state index is 0.0136. The van der Waals surface area contributed by atoms with Crippen molar-refractivity contribution in [2.75, 3.05) is 13.1 Å². The van der Waals surface area contributed by atoms with Gasteiger partial charge in [0.05, 0.1) is 6.10 Å². The van der Waals surface area contributed by atoms with Crippen molar-refractivity contribution in [1.82, 2.24) is 10.2 Å². The van der Waals surface area contributed by atoms with Crippen LogP contribution in [0.25, 0.3) is 0 Å². The number of nitrogens with one attached hydrogen (secondary N) is 1. The van der Waals surface area contributed by atoms with Gasteiger partial charge in [-0.3, -0.25) is 4.79 Å². The Morgan fingerprint density at radius 2 is 2.18 bits per heavy atom. The Labute approximate surface area is 101 Å². The number of nitrogens with zero attached hydrogens (tertiary/aromatic N) is 1. The van der Waals surface area contributed by atoms with Crippen molar-refractivity contribution in [2.45, 2.75) is 44.9 Å². The molecule has 0 spiro atoms. The molecule has 1 unspecified atom stereocenters. The van der Waals surface area contributed by atoms with Crippen LogP contribution < -0.4 is 5.32 Å². The van der Waals surface area contributed by atoms with Crippen LogP contribution in [0.4, 0.5) is 0 Å². The van der Waals surface area contributed by atoms with E-state index in [0.717, 1.165) is 6.54 Å². The lowest BCUT2D eigenvalue weighted by molar-refractivity contribution is -0.148. The number of rotatable bonds is 5. The first-order valence-corrected chi connectivity index (χ1v) is 5.89. The Balaban J connectivity index is 2.58. The Bertz CT molecular complexity index is 295. The normalized spacial score (nSPS) is 25.9. The van der Waals surface area contributed by atoms with Gasteiger partial charge in [0.1, 0.15) is 6.04 Å². The third-order valence-electron chi connectivity index (χ3n) is 2.92.